The van der Waals surface area contributed by atoms with Crippen LogP contribution in [0, 0.1) is 11.3 Å². The van der Waals surface area contributed by atoms with E-state index in [1.54, 1.807) is 19.2 Å². The highest BCUT2D eigenvalue weighted by Crippen LogP contribution is 2.42. The SMILES string of the molecule is CNC(=O)/C(C#N)=C1/S[C@H](Cc2ccc(OC)cc2)C(=O)N1c1ccc(Br)cc1. The number of nitrogens with one attached hydrogen (secondary N) is 1. The molecule has 0 spiro atoms. The van der Waals surface area contributed by atoms with Crippen LogP contribution in [0.25, 0.3) is 0 Å². The van der Waals surface area contributed by atoms with E-state index >= 15 is 0 Å². The van der Waals surface area contributed by atoms with Gasteiger partial charge in [0, 0.05) is 17.2 Å². The quantitative estimate of drug-likeness (QED) is 0.531. The number of likely N-dealkylation sites (N-methyl/N-ethyl adjacent to an activating group) is 1. The number of hydrogen-bond donors (Lipinski definition) is 1. The Hall–Kier alpha value is -2.76. The van der Waals surface area contributed by atoms with Gasteiger partial charge in [-0.3, -0.25) is 14.5 Å². The van der Waals surface area contributed by atoms with Crippen LogP contribution >= 0.6 is 27.7 Å². The Morgan fingerprint density at radius 3 is 2.45 bits per heavy atom. The average molecular weight is 472 g/mol. The number of halogens is 1. The molecule has 0 aliphatic carbocycles. The van der Waals surface area contributed by atoms with E-state index in [2.05, 4.69) is 21.2 Å². The molecule has 2 aromatic carbocycles. The third-order valence-electron chi connectivity index (χ3n) is 4.40. The summed E-state index contributed by atoms with van der Waals surface area (Å²) in [6.45, 7) is 0. The third-order valence-corrected chi connectivity index (χ3v) is 6.19. The third kappa shape index (κ3) is 4.47. The van der Waals surface area contributed by atoms with Crippen LogP contribution in [-0.2, 0) is 16.0 Å². The zero-order valence-corrected chi connectivity index (χ0v) is 18.2. The molecule has 1 heterocycles. The van der Waals surface area contributed by atoms with E-state index in [0.717, 1.165) is 15.8 Å². The number of thioether (sulfide) groups is 1. The van der Waals surface area contributed by atoms with E-state index < -0.39 is 11.2 Å². The normalized spacial score (nSPS) is 17.7. The van der Waals surface area contributed by atoms with Crippen molar-refractivity contribution in [1.82, 2.24) is 5.32 Å². The molecule has 0 bridgehead atoms. The molecule has 1 fully saturated rings. The smallest absolute Gasteiger partial charge is 0.264 e. The summed E-state index contributed by atoms with van der Waals surface area (Å²) in [5.74, 6) is 0.0532. The molecule has 148 valence electrons. The van der Waals surface area contributed by atoms with E-state index in [1.807, 2.05) is 42.5 Å². The van der Waals surface area contributed by atoms with Crippen LogP contribution in [-0.4, -0.2) is 31.2 Å². The van der Waals surface area contributed by atoms with E-state index in [1.165, 1.54) is 23.7 Å². The molecule has 2 amide bonds. The minimum absolute atomic E-state index is 0.0778. The first-order valence-electron chi connectivity index (χ1n) is 8.74. The highest BCUT2D eigenvalue weighted by atomic mass is 79.9. The highest BCUT2D eigenvalue weighted by molar-refractivity contribution is 9.10. The first-order valence-corrected chi connectivity index (χ1v) is 10.4. The van der Waals surface area contributed by atoms with Crippen molar-refractivity contribution in [2.75, 3.05) is 19.1 Å². The average Bonchev–Trinajstić information content (AvgIpc) is 3.05. The first kappa shape index (κ1) is 21.0. The zero-order valence-electron chi connectivity index (χ0n) is 15.8. The molecule has 0 saturated carbocycles. The van der Waals surface area contributed by atoms with Crippen molar-refractivity contribution >= 4 is 45.2 Å². The van der Waals surface area contributed by atoms with Crippen molar-refractivity contribution in [2.45, 2.75) is 11.7 Å². The fraction of sp³-hybridized carbons (Fsp3) is 0.190. The molecular weight excluding hydrogens is 454 g/mol. The van der Waals surface area contributed by atoms with Crippen molar-refractivity contribution in [1.29, 1.82) is 5.26 Å². The Balaban J connectivity index is 2.00. The largest absolute Gasteiger partial charge is 0.497 e. The molecule has 1 N–H and O–H groups in total. The molecule has 3 rings (SSSR count). The number of rotatable bonds is 5. The van der Waals surface area contributed by atoms with E-state index in [-0.39, 0.29) is 11.5 Å². The van der Waals surface area contributed by atoms with Crippen LogP contribution in [0.2, 0.25) is 0 Å². The molecular formula is C21H18BrN3O3S. The molecule has 29 heavy (non-hydrogen) atoms. The molecule has 0 unspecified atom stereocenters. The van der Waals surface area contributed by atoms with Gasteiger partial charge in [-0.05, 0) is 48.4 Å². The highest BCUT2D eigenvalue weighted by Gasteiger charge is 2.40. The molecule has 6 nitrogen and oxygen atoms in total. The number of carbonyl (C=O) groups is 2. The number of nitriles is 1. The maximum Gasteiger partial charge on any atom is 0.264 e. The van der Waals surface area contributed by atoms with Gasteiger partial charge >= 0.3 is 0 Å². The number of ether oxygens (including phenoxy) is 1. The molecule has 8 heteroatoms. The summed E-state index contributed by atoms with van der Waals surface area (Å²) in [6, 6.07) is 16.6. The van der Waals surface area contributed by atoms with Gasteiger partial charge in [0.1, 0.15) is 22.4 Å². The lowest BCUT2D eigenvalue weighted by atomic mass is 10.1. The summed E-state index contributed by atoms with van der Waals surface area (Å²) in [5, 5.41) is 11.9. The summed E-state index contributed by atoms with van der Waals surface area (Å²) >= 11 is 4.62. The molecule has 1 aliphatic heterocycles. The van der Waals surface area contributed by atoms with Crippen molar-refractivity contribution in [3.63, 3.8) is 0 Å². The maximum absolute atomic E-state index is 13.3. The summed E-state index contributed by atoms with van der Waals surface area (Å²) in [7, 11) is 3.06. The summed E-state index contributed by atoms with van der Waals surface area (Å²) < 4.78 is 6.04. The number of amides is 2. The Bertz CT molecular complexity index is 997. The van der Waals surface area contributed by atoms with Crippen molar-refractivity contribution in [3.8, 4) is 11.8 Å². The van der Waals surface area contributed by atoms with Gasteiger partial charge in [-0.25, -0.2) is 0 Å². The van der Waals surface area contributed by atoms with Crippen LogP contribution in [0.3, 0.4) is 0 Å². The Labute approximate surface area is 181 Å². The number of hydrogen-bond acceptors (Lipinski definition) is 5. The van der Waals surface area contributed by atoms with Gasteiger partial charge in [-0.15, -0.1) is 0 Å². The second-order valence-electron chi connectivity index (χ2n) is 6.18. The fourth-order valence-corrected chi connectivity index (χ4v) is 4.49. The van der Waals surface area contributed by atoms with Crippen LogP contribution in [0.4, 0.5) is 5.69 Å². The van der Waals surface area contributed by atoms with Gasteiger partial charge in [-0.1, -0.05) is 39.8 Å². The van der Waals surface area contributed by atoms with Gasteiger partial charge in [0.2, 0.25) is 5.91 Å². The fourth-order valence-electron chi connectivity index (χ4n) is 2.91. The van der Waals surface area contributed by atoms with Crippen molar-refractivity contribution < 1.29 is 14.3 Å². The van der Waals surface area contributed by atoms with E-state index in [9.17, 15) is 14.9 Å². The summed E-state index contributed by atoms with van der Waals surface area (Å²) in [4.78, 5) is 26.9. The predicted octanol–water partition coefficient (Wildman–Crippen LogP) is 3.63. The van der Waals surface area contributed by atoms with Crippen molar-refractivity contribution in [3.05, 3.63) is 69.2 Å². The lowest BCUT2D eigenvalue weighted by Crippen LogP contribution is -2.31. The van der Waals surface area contributed by atoms with Gasteiger partial charge < -0.3 is 10.1 Å². The van der Waals surface area contributed by atoms with Gasteiger partial charge in [0.25, 0.3) is 5.91 Å². The Morgan fingerprint density at radius 2 is 1.90 bits per heavy atom. The minimum Gasteiger partial charge on any atom is -0.497 e. The molecule has 1 atom stereocenters. The van der Waals surface area contributed by atoms with Gasteiger partial charge in [0.15, 0.2) is 0 Å². The molecule has 0 radical (unpaired) electrons. The van der Waals surface area contributed by atoms with Crippen LogP contribution in [0.1, 0.15) is 5.56 Å². The van der Waals surface area contributed by atoms with Crippen LogP contribution in [0.5, 0.6) is 5.75 Å². The monoisotopic (exact) mass is 471 g/mol. The van der Waals surface area contributed by atoms with Crippen LogP contribution in [0.15, 0.2) is 63.6 Å². The zero-order chi connectivity index (χ0) is 21.0. The number of methoxy groups -OCH3 is 1. The molecule has 0 aromatic heterocycles. The van der Waals surface area contributed by atoms with E-state index in [4.69, 9.17) is 4.74 Å². The van der Waals surface area contributed by atoms with Gasteiger partial charge in [0.05, 0.1) is 12.4 Å². The predicted molar refractivity (Wildman–Crippen MR) is 116 cm³/mol. The van der Waals surface area contributed by atoms with Crippen molar-refractivity contribution in [2.24, 2.45) is 0 Å². The topological polar surface area (TPSA) is 82.4 Å². The number of anilines is 1. The summed E-state index contributed by atoms with van der Waals surface area (Å²) in [5.41, 5.74) is 1.49. The lowest BCUT2D eigenvalue weighted by Gasteiger charge is -2.18. The van der Waals surface area contributed by atoms with E-state index in [0.29, 0.717) is 17.1 Å². The first-order chi connectivity index (χ1) is 14.0. The van der Waals surface area contributed by atoms with Crippen LogP contribution < -0.4 is 15.0 Å². The lowest BCUT2D eigenvalue weighted by molar-refractivity contribution is -0.117. The number of benzene rings is 2. The maximum atomic E-state index is 13.3. The molecule has 1 saturated heterocycles. The second kappa shape index (κ2) is 9.16. The Kier molecular flexibility index (Phi) is 6.62. The minimum atomic E-state index is -0.519. The standard InChI is InChI=1S/C21H18BrN3O3S/c1-24-19(26)17(12-23)21-25(15-7-5-14(22)6-8-15)20(27)18(29-21)11-13-3-9-16(28-2)10-4-13/h3-10,18H,11H2,1-2H3,(H,24,26)/b21-17+/t18-/m1/s1. The second-order valence-corrected chi connectivity index (χ2v) is 8.29. The number of carbonyl (C=O) groups excluding carboxylic acids is 2. The Morgan fingerprint density at radius 1 is 1.24 bits per heavy atom. The molecule has 2 aromatic rings. The van der Waals surface area contributed by atoms with Gasteiger partial charge in [-0.2, -0.15) is 5.26 Å². The summed E-state index contributed by atoms with van der Waals surface area (Å²) in [6.07, 6.45) is 0.469. The number of nitrogens with zero attached hydrogens (tertiary/aromatic N) is 2. The molecule has 1 aliphatic rings.